The molecule has 0 spiro atoms. The topological polar surface area (TPSA) is 43.4 Å². The fourth-order valence-corrected chi connectivity index (χ4v) is 7.57. The first-order valence-corrected chi connectivity index (χ1v) is 10.6. The van der Waals surface area contributed by atoms with Gasteiger partial charge in [0.2, 0.25) is 0 Å². The molecule has 4 heteroatoms. The summed E-state index contributed by atoms with van der Waals surface area (Å²) < 4.78 is 5.63. The summed E-state index contributed by atoms with van der Waals surface area (Å²) in [4.78, 5) is 24.8. The number of carbonyl (C=O) groups is 2. The van der Waals surface area contributed by atoms with Crippen molar-refractivity contribution < 1.29 is 14.3 Å². The fraction of sp³-hybridized carbons (Fsp3) is 0.636. The van der Waals surface area contributed by atoms with Crippen molar-refractivity contribution in [3.63, 3.8) is 0 Å². The Morgan fingerprint density at radius 1 is 1.12 bits per heavy atom. The van der Waals surface area contributed by atoms with Gasteiger partial charge in [0.25, 0.3) is 0 Å². The Kier molecular flexibility index (Phi) is 4.75. The number of hydrogen-bond donors (Lipinski definition) is 0. The molecule has 4 aliphatic carbocycles. The number of alkyl halides is 1. The number of Topliss-reactive ketones (excluding diaryl/α,β-unsaturated/α-hetero) is 1. The summed E-state index contributed by atoms with van der Waals surface area (Å²) in [6, 6.07) is 7.56. The summed E-state index contributed by atoms with van der Waals surface area (Å²) in [6.07, 6.45) is 8.64. The van der Waals surface area contributed by atoms with E-state index in [4.69, 9.17) is 4.74 Å². The summed E-state index contributed by atoms with van der Waals surface area (Å²) >= 11 is 3.98. The first kappa shape index (κ1) is 18.2. The number of esters is 1. The summed E-state index contributed by atoms with van der Waals surface area (Å²) in [6.45, 7) is 1.94. The van der Waals surface area contributed by atoms with Crippen LogP contribution >= 0.6 is 15.9 Å². The van der Waals surface area contributed by atoms with Crippen molar-refractivity contribution >= 4 is 27.7 Å². The summed E-state index contributed by atoms with van der Waals surface area (Å²) in [5.41, 5.74) is 1.91. The van der Waals surface area contributed by atoms with Crippen molar-refractivity contribution in [3.05, 3.63) is 35.4 Å². The normalized spacial score (nSPS) is 34.7. The fourth-order valence-electron chi connectivity index (χ4n) is 6.06. The second kappa shape index (κ2) is 6.78. The van der Waals surface area contributed by atoms with Gasteiger partial charge >= 0.3 is 5.97 Å². The average Bonchev–Trinajstić information content (AvgIpc) is 2.57. The minimum absolute atomic E-state index is 0.0937. The second-order valence-electron chi connectivity index (χ2n) is 8.92. The van der Waals surface area contributed by atoms with Crippen LogP contribution in [0.5, 0.6) is 0 Å². The minimum atomic E-state index is -0.207. The maximum absolute atomic E-state index is 12.5. The molecule has 4 fully saturated rings. The van der Waals surface area contributed by atoms with E-state index in [2.05, 4.69) is 22.9 Å². The maximum Gasteiger partial charge on any atom is 0.306 e. The van der Waals surface area contributed by atoms with Gasteiger partial charge in [-0.1, -0.05) is 47.1 Å². The van der Waals surface area contributed by atoms with E-state index in [0.717, 1.165) is 37.5 Å². The Hall–Kier alpha value is -1.16. The zero-order valence-corrected chi connectivity index (χ0v) is 17.0. The van der Waals surface area contributed by atoms with E-state index in [9.17, 15) is 9.59 Å². The lowest BCUT2D eigenvalue weighted by Gasteiger charge is -2.60. The molecule has 0 aliphatic heterocycles. The molecule has 140 valence electrons. The predicted molar refractivity (Wildman–Crippen MR) is 104 cm³/mol. The molecular weight excluding hydrogens is 392 g/mol. The lowest BCUT2D eigenvalue weighted by Crippen LogP contribution is -2.53. The number of ether oxygens (including phenoxy) is 1. The molecule has 1 aromatic rings. The molecule has 0 N–H and O–H groups in total. The molecule has 4 aliphatic rings. The van der Waals surface area contributed by atoms with Crippen molar-refractivity contribution in [2.45, 2.75) is 62.6 Å². The van der Waals surface area contributed by atoms with Crippen LogP contribution in [0.4, 0.5) is 0 Å². The Bertz CT molecular complexity index is 695. The van der Waals surface area contributed by atoms with Crippen LogP contribution in [0.25, 0.3) is 0 Å². The first-order chi connectivity index (χ1) is 12.4. The smallest absolute Gasteiger partial charge is 0.306 e. The van der Waals surface area contributed by atoms with Crippen LogP contribution in [0.3, 0.4) is 0 Å². The van der Waals surface area contributed by atoms with Crippen LogP contribution in [0, 0.1) is 17.3 Å². The monoisotopic (exact) mass is 418 g/mol. The highest BCUT2D eigenvalue weighted by molar-refractivity contribution is 9.10. The lowest BCUT2D eigenvalue weighted by molar-refractivity contribution is -0.149. The molecule has 1 aromatic carbocycles. The summed E-state index contributed by atoms with van der Waals surface area (Å²) in [5, 5.41) is 0. The second-order valence-corrected chi connectivity index (χ2v) is 10.6. The SMILES string of the molecule is CCc1ccc(C(=O)COC(=O)CC23C[C@@H]4C[C@@H](CC(Br)(C4)C2)C3)cc1. The molecular formula is C22H27BrO3. The number of carbonyl (C=O) groups excluding carboxylic acids is 2. The van der Waals surface area contributed by atoms with Crippen molar-refractivity contribution in [3.8, 4) is 0 Å². The third kappa shape index (κ3) is 3.62. The van der Waals surface area contributed by atoms with E-state index in [0.29, 0.717) is 12.0 Å². The van der Waals surface area contributed by atoms with Gasteiger partial charge in [-0.25, -0.2) is 0 Å². The van der Waals surface area contributed by atoms with E-state index in [1.165, 1.54) is 24.8 Å². The van der Waals surface area contributed by atoms with Crippen molar-refractivity contribution in [2.24, 2.45) is 17.3 Å². The van der Waals surface area contributed by atoms with Gasteiger partial charge in [0, 0.05) is 9.89 Å². The van der Waals surface area contributed by atoms with E-state index in [1.807, 2.05) is 24.3 Å². The van der Waals surface area contributed by atoms with Gasteiger partial charge in [-0.05, 0) is 67.8 Å². The van der Waals surface area contributed by atoms with Crippen molar-refractivity contribution in [2.75, 3.05) is 6.61 Å². The van der Waals surface area contributed by atoms with E-state index in [-0.39, 0.29) is 28.1 Å². The number of benzene rings is 1. The molecule has 26 heavy (non-hydrogen) atoms. The lowest BCUT2D eigenvalue weighted by atomic mass is 9.49. The molecule has 4 atom stereocenters. The standard InChI is InChI=1S/C22H27BrO3/c1-2-15-3-5-18(6-4-15)19(24)13-26-20(25)12-21-8-16-7-17(9-21)11-22(23,10-16)14-21/h3-6,16-17H,2,7-14H2,1H3/t16-,17+,21?,22?. The Morgan fingerprint density at radius 3 is 2.35 bits per heavy atom. The van der Waals surface area contributed by atoms with E-state index >= 15 is 0 Å². The van der Waals surface area contributed by atoms with Crippen LogP contribution in [-0.4, -0.2) is 22.7 Å². The number of rotatable bonds is 6. The molecule has 0 heterocycles. The third-order valence-corrected chi connectivity index (χ3v) is 7.61. The molecule has 2 unspecified atom stereocenters. The number of aryl methyl sites for hydroxylation is 1. The third-order valence-electron chi connectivity index (χ3n) is 6.68. The molecule has 0 saturated heterocycles. The molecule has 4 bridgehead atoms. The van der Waals surface area contributed by atoms with Crippen LogP contribution in [0.2, 0.25) is 0 Å². The Labute approximate surface area is 164 Å². The molecule has 4 saturated carbocycles. The van der Waals surface area contributed by atoms with Gasteiger partial charge < -0.3 is 4.74 Å². The molecule has 5 rings (SSSR count). The van der Waals surface area contributed by atoms with Gasteiger partial charge in [-0.3, -0.25) is 9.59 Å². The minimum Gasteiger partial charge on any atom is -0.457 e. The highest BCUT2D eigenvalue weighted by atomic mass is 79.9. The predicted octanol–water partition coefficient (Wildman–Crippen LogP) is 5.10. The van der Waals surface area contributed by atoms with E-state index < -0.39 is 0 Å². The van der Waals surface area contributed by atoms with Gasteiger partial charge in [0.15, 0.2) is 12.4 Å². The Morgan fingerprint density at radius 2 is 1.77 bits per heavy atom. The van der Waals surface area contributed by atoms with Gasteiger partial charge in [0.05, 0.1) is 6.42 Å². The van der Waals surface area contributed by atoms with Gasteiger partial charge in [-0.2, -0.15) is 0 Å². The first-order valence-electron chi connectivity index (χ1n) is 9.85. The van der Waals surface area contributed by atoms with Gasteiger partial charge in [-0.15, -0.1) is 0 Å². The maximum atomic E-state index is 12.5. The highest BCUT2D eigenvalue weighted by Gasteiger charge is 2.57. The molecule has 0 aromatic heterocycles. The largest absolute Gasteiger partial charge is 0.457 e. The quantitative estimate of drug-likeness (QED) is 0.366. The summed E-state index contributed by atoms with van der Waals surface area (Å²) in [5.74, 6) is 1.18. The number of halogens is 1. The van der Waals surface area contributed by atoms with Crippen LogP contribution < -0.4 is 0 Å². The van der Waals surface area contributed by atoms with Crippen molar-refractivity contribution in [1.82, 2.24) is 0 Å². The van der Waals surface area contributed by atoms with Crippen LogP contribution in [0.1, 0.15) is 67.8 Å². The van der Waals surface area contributed by atoms with Gasteiger partial charge in [0.1, 0.15) is 0 Å². The molecule has 3 nitrogen and oxygen atoms in total. The zero-order chi connectivity index (χ0) is 18.4. The van der Waals surface area contributed by atoms with Crippen LogP contribution in [0.15, 0.2) is 24.3 Å². The molecule has 0 radical (unpaired) electrons. The zero-order valence-electron chi connectivity index (χ0n) is 15.4. The van der Waals surface area contributed by atoms with Crippen LogP contribution in [-0.2, 0) is 16.0 Å². The highest BCUT2D eigenvalue weighted by Crippen LogP contribution is 2.65. The number of hydrogen-bond acceptors (Lipinski definition) is 3. The average molecular weight is 419 g/mol. The van der Waals surface area contributed by atoms with E-state index in [1.54, 1.807) is 0 Å². The van der Waals surface area contributed by atoms with Crippen molar-refractivity contribution in [1.29, 1.82) is 0 Å². The number of ketones is 1. The Balaban J connectivity index is 1.33. The molecule has 0 amide bonds. The summed E-state index contributed by atoms with van der Waals surface area (Å²) in [7, 11) is 0.